The molecule has 1 atom stereocenters. The first kappa shape index (κ1) is 15.1. The molecule has 0 aliphatic carbocycles. The summed E-state index contributed by atoms with van der Waals surface area (Å²) in [5.74, 6) is 0.289. The Bertz CT molecular complexity index is 913. The molecule has 1 N–H and O–H groups in total. The van der Waals surface area contributed by atoms with Gasteiger partial charge in [-0.25, -0.2) is 9.37 Å². The van der Waals surface area contributed by atoms with Gasteiger partial charge in [-0.1, -0.05) is 12.1 Å². The van der Waals surface area contributed by atoms with Crippen molar-refractivity contribution in [2.45, 2.75) is 26.8 Å². The van der Waals surface area contributed by atoms with Crippen LogP contribution < -0.4 is 5.56 Å². The number of nitrogens with zero attached hydrogens (tertiary/aromatic N) is 3. The number of aryl methyl sites for hydroxylation is 2. The van der Waals surface area contributed by atoms with Crippen molar-refractivity contribution in [3.05, 3.63) is 69.8 Å². The first-order valence-corrected chi connectivity index (χ1v) is 7.32. The van der Waals surface area contributed by atoms with Crippen LogP contribution in [0.2, 0.25) is 0 Å². The highest BCUT2D eigenvalue weighted by molar-refractivity contribution is 5.56. The third-order valence-electron chi connectivity index (χ3n) is 3.76. The molecule has 1 aromatic carbocycles. The van der Waals surface area contributed by atoms with Crippen molar-refractivity contribution < 1.29 is 4.39 Å². The molecular formula is C17H17FN4O. The van der Waals surface area contributed by atoms with Crippen molar-refractivity contribution in [3.8, 4) is 11.3 Å². The molecule has 3 aromatic rings. The number of nitrogens with one attached hydrogen (secondary N) is 1. The van der Waals surface area contributed by atoms with E-state index in [-0.39, 0.29) is 17.4 Å². The van der Waals surface area contributed by atoms with Gasteiger partial charge in [0.05, 0.1) is 17.9 Å². The highest BCUT2D eigenvalue weighted by atomic mass is 19.1. The summed E-state index contributed by atoms with van der Waals surface area (Å²) in [6, 6.07) is 6.32. The smallest absolute Gasteiger partial charge is 0.251 e. The van der Waals surface area contributed by atoms with Crippen LogP contribution >= 0.6 is 0 Å². The van der Waals surface area contributed by atoms with Gasteiger partial charge < -0.3 is 4.98 Å². The molecule has 6 heteroatoms. The van der Waals surface area contributed by atoms with Crippen molar-refractivity contribution in [2.75, 3.05) is 0 Å². The molecule has 3 rings (SSSR count). The monoisotopic (exact) mass is 312 g/mol. The molecule has 0 unspecified atom stereocenters. The lowest BCUT2D eigenvalue weighted by Gasteiger charge is -2.13. The SMILES string of the molecule is Cc1ccc([C@@H](C)n2cc(-c3cc(=O)[nH]c(C)n3)cn2)c(F)c1. The molecule has 0 spiro atoms. The minimum Gasteiger partial charge on any atom is -0.311 e. The van der Waals surface area contributed by atoms with Gasteiger partial charge in [0.25, 0.3) is 5.56 Å². The van der Waals surface area contributed by atoms with Gasteiger partial charge in [-0.05, 0) is 32.4 Å². The number of aromatic amines is 1. The summed E-state index contributed by atoms with van der Waals surface area (Å²) in [4.78, 5) is 18.5. The molecule has 5 nitrogen and oxygen atoms in total. The molecule has 0 amide bonds. The van der Waals surface area contributed by atoms with Crippen molar-refractivity contribution >= 4 is 0 Å². The predicted molar refractivity (Wildman–Crippen MR) is 85.8 cm³/mol. The lowest BCUT2D eigenvalue weighted by atomic mass is 10.1. The summed E-state index contributed by atoms with van der Waals surface area (Å²) in [6.45, 7) is 5.45. The molecule has 0 aliphatic heterocycles. The van der Waals surface area contributed by atoms with E-state index in [0.29, 0.717) is 17.1 Å². The van der Waals surface area contributed by atoms with Crippen molar-refractivity contribution in [3.63, 3.8) is 0 Å². The third-order valence-corrected chi connectivity index (χ3v) is 3.76. The lowest BCUT2D eigenvalue weighted by molar-refractivity contribution is 0.520. The molecule has 0 saturated heterocycles. The molecule has 2 heterocycles. The number of rotatable bonds is 3. The Kier molecular flexibility index (Phi) is 3.82. The van der Waals surface area contributed by atoms with E-state index in [4.69, 9.17) is 0 Å². The Balaban J connectivity index is 1.96. The first-order valence-electron chi connectivity index (χ1n) is 7.32. The van der Waals surface area contributed by atoms with Crippen LogP contribution in [0.4, 0.5) is 4.39 Å². The summed E-state index contributed by atoms with van der Waals surface area (Å²) in [5, 5.41) is 4.29. The van der Waals surface area contributed by atoms with E-state index >= 15 is 0 Å². The number of benzene rings is 1. The van der Waals surface area contributed by atoms with Gasteiger partial charge in [-0.15, -0.1) is 0 Å². The topological polar surface area (TPSA) is 63.6 Å². The summed E-state index contributed by atoms with van der Waals surface area (Å²) in [7, 11) is 0. The maximum atomic E-state index is 14.1. The maximum absolute atomic E-state index is 14.1. The zero-order valence-electron chi connectivity index (χ0n) is 13.2. The Morgan fingerprint density at radius 3 is 2.74 bits per heavy atom. The van der Waals surface area contributed by atoms with Crippen LogP contribution in [0.25, 0.3) is 11.3 Å². The number of hydrogen-bond donors (Lipinski definition) is 1. The maximum Gasteiger partial charge on any atom is 0.251 e. The molecule has 0 fully saturated rings. The molecular weight excluding hydrogens is 295 g/mol. The van der Waals surface area contributed by atoms with Crippen LogP contribution in [0.5, 0.6) is 0 Å². The number of aromatic nitrogens is 4. The molecule has 118 valence electrons. The zero-order chi connectivity index (χ0) is 16.6. The largest absolute Gasteiger partial charge is 0.311 e. The molecule has 2 aromatic heterocycles. The summed E-state index contributed by atoms with van der Waals surface area (Å²) < 4.78 is 15.8. The van der Waals surface area contributed by atoms with Gasteiger partial charge in [0.15, 0.2) is 0 Å². The fourth-order valence-corrected chi connectivity index (χ4v) is 2.52. The first-order chi connectivity index (χ1) is 10.9. The molecule has 0 bridgehead atoms. The standard InChI is InChI=1S/C17H17FN4O/c1-10-4-5-14(15(18)6-10)11(2)22-9-13(8-19-22)16-7-17(23)21-12(3)20-16/h4-9,11H,1-3H3,(H,20,21,23)/t11-/m1/s1. The molecule has 0 aliphatic rings. The fraction of sp³-hybridized carbons (Fsp3) is 0.235. The summed E-state index contributed by atoms with van der Waals surface area (Å²) in [6.07, 6.45) is 3.40. The van der Waals surface area contributed by atoms with Crippen LogP contribution in [0.1, 0.15) is 29.9 Å². The number of halogens is 1. The second-order valence-electron chi connectivity index (χ2n) is 5.63. The van der Waals surface area contributed by atoms with Gasteiger partial charge in [0, 0.05) is 23.4 Å². The van der Waals surface area contributed by atoms with Gasteiger partial charge in [0.2, 0.25) is 0 Å². The predicted octanol–water partition coefficient (Wildman–Crippen LogP) is 3.00. The molecule has 0 saturated carbocycles. The van der Waals surface area contributed by atoms with Crippen LogP contribution in [0.15, 0.2) is 41.5 Å². The third kappa shape index (κ3) is 3.06. The van der Waals surface area contributed by atoms with E-state index in [1.54, 1.807) is 30.1 Å². The van der Waals surface area contributed by atoms with Crippen LogP contribution in [0, 0.1) is 19.7 Å². The van der Waals surface area contributed by atoms with Crippen molar-refractivity contribution in [2.24, 2.45) is 0 Å². The lowest BCUT2D eigenvalue weighted by Crippen LogP contribution is -2.09. The average molecular weight is 312 g/mol. The Morgan fingerprint density at radius 2 is 2.04 bits per heavy atom. The zero-order valence-corrected chi connectivity index (χ0v) is 13.2. The highest BCUT2D eigenvalue weighted by Gasteiger charge is 2.15. The van der Waals surface area contributed by atoms with Gasteiger partial charge in [0.1, 0.15) is 11.6 Å². The second kappa shape index (κ2) is 5.79. The van der Waals surface area contributed by atoms with E-state index in [0.717, 1.165) is 11.1 Å². The van der Waals surface area contributed by atoms with Crippen LogP contribution in [-0.4, -0.2) is 19.7 Å². The Morgan fingerprint density at radius 1 is 1.26 bits per heavy atom. The fourth-order valence-electron chi connectivity index (χ4n) is 2.52. The Labute approximate surface area is 132 Å². The van der Waals surface area contributed by atoms with Gasteiger partial charge in [-0.2, -0.15) is 5.10 Å². The normalized spacial score (nSPS) is 12.3. The van der Waals surface area contributed by atoms with Gasteiger partial charge in [-0.3, -0.25) is 9.48 Å². The average Bonchev–Trinajstić information content (AvgIpc) is 2.95. The Hall–Kier alpha value is -2.76. The molecule has 23 heavy (non-hydrogen) atoms. The number of hydrogen-bond acceptors (Lipinski definition) is 3. The minimum atomic E-state index is -0.257. The highest BCUT2D eigenvalue weighted by Crippen LogP contribution is 2.23. The van der Waals surface area contributed by atoms with Gasteiger partial charge >= 0.3 is 0 Å². The van der Waals surface area contributed by atoms with E-state index < -0.39 is 0 Å². The van der Waals surface area contributed by atoms with Crippen LogP contribution in [0.3, 0.4) is 0 Å². The quantitative estimate of drug-likeness (QED) is 0.808. The van der Waals surface area contributed by atoms with E-state index in [2.05, 4.69) is 15.1 Å². The van der Waals surface area contributed by atoms with Crippen LogP contribution in [-0.2, 0) is 0 Å². The van der Waals surface area contributed by atoms with E-state index in [9.17, 15) is 9.18 Å². The molecule has 0 radical (unpaired) electrons. The minimum absolute atomic E-state index is 0.210. The number of H-pyrrole nitrogens is 1. The van der Waals surface area contributed by atoms with Crippen molar-refractivity contribution in [1.29, 1.82) is 0 Å². The summed E-state index contributed by atoms with van der Waals surface area (Å²) >= 11 is 0. The van der Waals surface area contributed by atoms with E-state index in [1.165, 1.54) is 12.1 Å². The second-order valence-corrected chi connectivity index (χ2v) is 5.63. The van der Waals surface area contributed by atoms with Crippen molar-refractivity contribution in [1.82, 2.24) is 19.7 Å². The summed E-state index contributed by atoms with van der Waals surface area (Å²) in [5.41, 5.74) is 2.51. The van der Waals surface area contributed by atoms with E-state index in [1.807, 2.05) is 19.9 Å².